The molecule has 0 bridgehead atoms. The Kier molecular flexibility index (Phi) is 6.09. The molecule has 1 amide bonds. The molecule has 10 heteroatoms. The van der Waals surface area contributed by atoms with Crippen LogP contribution in [0.15, 0.2) is 30.6 Å². The molecule has 1 aromatic carbocycles. The van der Waals surface area contributed by atoms with Gasteiger partial charge in [-0.3, -0.25) is 4.79 Å². The minimum absolute atomic E-state index is 0.0872. The molecule has 1 saturated heterocycles. The standard InChI is InChI=1S/C19H21F3N4O3/c1-28-14-4-3-12(9-15(14)29-2)18(27)25-13-5-7-26(8-6-13)17-10-16(19(20,21)22)23-11-24-17/h3-4,9-11,13H,5-8H2,1-2H3,(H,25,27). The molecule has 1 fully saturated rings. The quantitative estimate of drug-likeness (QED) is 0.817. The number of methoxy groups -OCH3 is 2. The number of anilines is 1. The van der Waals surface area contributed by atoms with Crippen LogP contribution < -0.4 is 19.7 Å². The highest BCUT2D eigenvalue weighted by Crippen LogP contribution is 2.30. The van der Waals surface area contributed by atoms with Gasteiger partial charge in [-0.25, -0.2) is 9.97 Å². The summed E-state index contributed by atoms with van der Waals surface area (Å²) in [6, 6.07) is 5.76. The van der Waals surface area contributed by atoms with Crippen LogP contribution in [-0.4, -0.2) is 49.2 Å². The molecule has 0 spiro atoms. The van der Waals surface area contributed by atoms with Crippen molar-refractivity contribution >= 4 is 11.7 Å². The first kappa shape index (κ1) is 20.7. The maximum atomic E-state index is 12.8. The van der Waals surface area contributed by atoms with E-state index in [0.29, 0.717) is 43.0 Å². The van der Waals surface area contributed by atoms with E-state index in [1.54, 1.807) is 23.1 Å². The Balaban J connectivity index is 1.59. The first-order valence-corrected chi connectivity index (χ1v) is 8.99. The van der Waals surface area contributed by atoms with Crippen LogP contribution in [-0.2, 0) is 6.18 Å². The number of piperidine rings is 1. The van der Waals surface area contributed by atoms with E-state index in [9.17, 15) is 18.0 Å². The van der Waals surface area contributed by atoms with Crippen LogP contribution >= 0.6 is 0 Å². The van der Waals surface area contributed by atoms with Crippen molar-refractivity contribution in [3.8, 4) is 11.5 Å². The number of rotatable bonds is 5. The summed E-state index contributed by atoms with van der Waals surface area (Å²) in [4.78, 5) is 21.5. The predicted octanol–water partition coefficient (Wildman–Crippen LogP) is 2.91. The van der Waals surface area contributed by atoms with E-state index in [2.05, 4.69) is 15.3 Å². The van der Waals surface area contributed by atoms with Gasteiger partial charge in [0.2, 0.25) is 0 Å². The molecule has 156 valence electrons. The molecular formula is C19H21F3N4O3. The molecule has 2 heterocycles. The molecule has 2 aromatic rings. The second-order valence-electron chi connectivity index (χ2n) is 6.56. The number of nitrogens with one attached hydrogen (secondary N) is 1. The largest absolute Gasteiger partial charge is 0.493 e. The van der Waals surface area contributed by atoms with Crippen LogP contribution in [0.5, 0.6) is 11.5 Å². The third-order valence-electron chi connectivity index (χ3n) is 4.74. The zero-order chi connectivity index (χ0) is 21.0. The van der Waals surface area contributed by atoms with E-state index in [4.69, 9.17) is 9.47 Å². The number of aromatic nitrogens is 2. The number of alkyl halides is 3. The molecule has 0 radical (unpaired) electrons. The van der Waals surface area contributed by atoms with Gasteiger partial charge in [-0.15, -0.1) is 0 Å². The molecule has 0 atom stereocenters. The minimum Gasteiger partial charge on any atom is -0.493 e. The molecule has 0 unspecified atom stereocenters. The SMILES string of the molecule is COc1ccc(C(=O)NC2CCN(c3cc(C(F)(F)F)ncn3)CC2)cc1OC. The summed E-state index contributed by atoms with van der Waals surface area (Å²) in [6.07, 6.45) is -2.42. The molecule has 0 aliphatic carbocycles. The zero-order valence-electron chi connectivity index (χ0n) is 16.0. The third-order valence-corrected chi connectivity index (χ3v) is 4.74. The summed E-state index contributed by atoms with van der Waals surface area (Å²) in [6.45, 7) is 0.955. The van der Waals surface area contributed by atoms with Crippen molar-refractivity contribution in [3.63, 3.8) is 0 Å². The van der Waals surface area contributed by atoms with Crippen LogP contribution in [0.3, 0.4) is 0 Å². The molecule has 0 saturated carbocycles. The fourth-order valence-electron chi connectivity index (χ4n) is 3.17. The molecule has 7 nitrogen and oxygen atoms in total. The Morgan fingerprint density at radius 1 is 1.10 bits per heavy atom. The lowest BCUT2D eigenvalue weighted by molar-refractivity contribution is -0.141. The fourth-order valence-corrected chi connectivity index (χ4v) is 3.17. The van der Waals surface area contributed by atoms with Crippen LogP contribution in [0.2, 0.25) is 0 Å². The smallest absolute Gasteiger partial charge is 0.433 e. The van der Waals surface area contributed by atoms with Gasteiger partial charge in [0.25, 0.3) is 5.91 Å². The van der Waals surface area contributed by atoms with Crippen molar-refractivity contribution in [1.29, 1.82) is 0 Å². The molecule has 3 rings (SSSR count). The number of hydrogen-bond acceptors (Lipinski definition) is 6. The van der Waals surface area contributed by atoms with Crippen LogP contribution in [0, 0.1) is 0 Å². The molecule has 1 aromatic heterocycles. The number of nitrogens with zero attached hydrogens (tertiary/aromatic N) is 3. The van der Waals surface area contributed by atoms with E-state index >= 15 is 0 Å². The van der Waals surface area contributed by atoms with Gasteiger partial charge >= 0.3 is 6.18 Å². The van der Waals surface area contributed by atoms with E-state index in [0.717, 1.165) is 12.4 Å². The topological polar surface area (TPSA) is 76.6 Å². The van der Waals surface area contributed by atoms with E-state index < -0.39 is 11.9 Å². The van der Waals surface area contributed by atoms with Gasteiger partial charge in [0.15, 0.2) is 11.5 Å². The van der Waals surface area contributed by atoms with Gasteiger partial charge < -0.3 is 19.7 Å². The Morgan fingerprint density at radius 2 is 1.79 bits per heavy atom. The highest BCUT2D eigenvalue weighted by atomic mass is 19.4. The third kappa shape index (κ3) is 4.87. The second kappa shape index (κ2) is 8.54. The Labute approximate surface area is 165 Å². The monoisotopic (exact) mass is 410 g/mol. The first-order chi connectivity index (χ1) is 13.8. The highest BCUT2D eigenvalue weighted by molar-refractivity contribution is 5.95. The maximum absolute atomic E-state index is 12.8. The number of carbonyl (C=O) groups is 1. The van der Waals surface area contributed by atoms with Crippen molar-refractivity contribution in [1.82, 2.24) is 15.3 Å². The van der Waals surface area contributed by atoms with Gasteiger partial charge in [0.1, 0.15) is 17.8 Å². The summed E-state index contributed by atoms with van der Waals surface area (Å²) in [5.74, 6) is 0.974. The molecular weight excluding hydrogens is 389 g/mol. The van der Waals surface area contributed by atoms with Crippen molar-refractivity contribution < 1.29 is 27.4 Å². The number of carbonyl (C=O) groups excluding carboxylic acids is 1. The van der Waals surface area contributed by atoms with E-state index in [-0.39, 0.29) is 17.8 Å². The minimum atomic E-state index is -4.51. The van der Waals surface area contributed by atoms with Gasteiger partial charge in [0, 0.05) is 30.8 Å². The summed E-state index contributed by atoms with van der Waals surface area (Å²) < 4.78 is 48.9. The Hall–Kier alpha value is -3.04. The van der Waals surface area contributed by atoms with Crippen molar-refractivity contribution in [2.24, 2.45) is 0 Å². The molecule has 1 aliphatic heterocycles. The number of amides is 1. The number of benzene rings is 1. The van der Waals surface area contributed by atoms with E-state index in [1.807, 2.05) is 0 Å². The van der Waals surface area contributed by atoms with Crippen LogP contribution in [0.25, 0.3) is 0 Å². The fraction of sp³-hybridized carbons (Fsp3) is 0.421. The molecule has 29 heavy (non-hydrogen) atoms. The van der Waals surface area contributed by atoms with Gasteiger partial charge in [-0.05, 0) is 31.0 Å². The normalized spacial score (nSPS) is 15.1. The lowest BCUT2D eigenvalue weighted by atomic mass is 10.0. The Morgan fingerprint density at radius 3 is 2.41 bits per heavy atom. The first-order valence-electron chi connectivity index (χ1n) is 8.99. The van der Waals surface area contributed by atoms with E-state index in [1.165, 1.54) is 14.2 Å². The summed E-state index contributed by atoms with van der Waals surface area (Å²) in [7, 11) is 3.01. The summed E-state index contributed by atoms with van der Waals surface area (Å²) in [5.41, 5.74) is -0.526. The zero-order valence-corrected chi connectivity index (χ0v) is 16.0. The lowest BCUT2D eigenvalue weighted by Crippen LogP contribution is -2.45. The van der Waals surface area contributed by atoms with Gasteiger partial charge in [-0.1, -0.05) is 0 Å². The summed E-state index contributed by atoms with van der Waals surface area (Å²) >= 11 is 0. The Bertz CT molecular complexity index is 868. The number of hydrogen-bond donors (Lipinski definition) is 1. The lowest BCUT2D eigenvalue weighted by Gasteiger charge is -2.33. The number of ether oxygens (including phenoxy) is 2. The average Bonchev–Trinajstić information content (AvgIpc) is 2.73. The van der Waals surface area contributed by atoms with Gasteiger partial charge in [-0.2, -0.15) is 13.2 Å². The molecule has 1 N–H and O–H groups in total. The van der Waals surface area contributed by atoms with Crippen molar-refractivity contribution in [2.45, 2.75) is 25.1 Å². The van der Waals surface area contributed by atoms with Gasteiger partial charge in [0.05, 0.1) is 14.2 Å². The predicted molar refractivity (Wildman–Crippen MR) is 99.3 cm³/mol. The highest BCUT2D eigenvalue weighted by Gasteiger charge is 2.33. The van der Waals surface area contributed by atoms with Crippen LogP contribution in [0.4, 0.5) is 19.0 Å². The molecule has 1 aliphatic rings. The van der Waals surface area contributed by atoms with Crippen molar-refractivity contribution in [3.05, 3.63) is 41.9 Å². The maximum Gasteiger partial charge on any atom is 0.433 e. The second-order valence-corrected chi connectivity index (χ2v) is 6.56. The number of halogens is 3. The average molecular weight is 410 g/mol. The van der Waals surface area contributed by atoms with Crippen LogP contribution in [0.1, 0.15) is 28.9 Å². The summed E-state index contributed by atoms with van der Waals surface area (Å²) in [5, 5.41) is 2.96. The van der Waals surface area contributed by atoms with Crippen molar-refractivity contribution in [2.75, 3.05) is 32.2 Å².